The van der Waals surface area contributed by atoms with Crippen LogP contribution in [0.3, 0.4) is 0 Å². The lowest BCUT2D eigenvalue weighted by atomic mass is 10.1. The van der Waals surface area contributed by atoms with Gasteiger partial charge in [0.05, 0.1) is 13.7 Å². The van der Waals surface area contributed by atoms with E-state index in [-0.39, 0.29) is 6.61 Å². The van der Waals surface area contributed by atoms with Crippen LogP contribution in [0.1, 0.15) is 6.92 Å². The maximum atomic E-state index is 12.7. The van der Waals surface area contributed by atoms with Crippen molar-refractivity contribution in [3.05, 3.63) is 11.8 Å². The summed E-state index contributed by atoms with van der Waals surface area (Å²) in [6, 6.07) is 0. The van der Waals surface area contributed by atoms with Gasteiger partial charge in [-0.1, -0.05) is 0 Å². The second kappa shape index (κ2) is 6.21. The number of ketones is 1. The molecule has 0 bridgehead atoms. The van der Waals surface area contributed by atoms with Gasteiger partial charge in [0.25, 0.3) is 6.17 Å². The lowest BCUT2D eigenvalue weighted by Gasteiger charge is -2.12. The summed E-state index contributed by atoms with van der Waals surface area (Å²) < 4.78 is 57.0. The van der Waals surface area contributed by atoms with Crippen molar-refractivity contribution >= 4 is 11.8 Å². The van der Waals surface area contributed by atoms with E-state index in [4.69, 9.17) is 0 Å². The van der Waals surface area contributed by atoms with Crippen LogP contribution < -0.4 is 0 Å². The van der Waals surface area contributed by atoms with Crippen molar-refractivity contribution in [3.8, 4) is 0 Å². The summed E-state index contributed by atoms with van der Waals surface area (Å²) in [5.41, 5.74) is -1.13. The average Bonchev–Trinajstić information content (AvgIpc) is 2.26. The molecule has 1 unspecified atom stereocenters. The maximum Gasteiger partial charge on any atom is 0.427 e. The summed E-state index contributed by atoms with van der Waals surface area (Å²) in [6.45, 7) is 1.46. The van der Waals surface area contributed by atoms with Gasteiger partial charge < -0.3 is 9.47 Å². The highest BCUT2D eigenvalue weighted by molar-refractivity contribution is 6.18. The molecule has 0 saturated heterocycles. The number of methoxy groups -OCH3 is 1. The van der Waals surface area contributed by atoms with Gasteiger partial charge in [-0.15, -0.1) is 0 Å². The molecule has 0 N–H and O–H groups in total. The largest absolute Gasteiger partial charge is 0.500 e. The van der Waals surface area contributed by atoms with E-state index in [1.807, 2.05) is 0 Å². The first-order chi connectivity index (χ1) is 7.75. The van der Waals surface area contributed by atoms with Crippen molar-refractivity contribution < 1.29 is 36.6 Å². The number of hydrogen-bond donors (Lipinski definition) is 0. The minimum atomic E-state index is -5.38. The van der Waals surface area contributed by atoms with Crippen LogP contribution in [0.15, 0.2) is 11.8 Å². The summed E-state index contributed by atoms with van der Waals surface area (Å²) in [7, 11) is 0.843. The molecule has 17 heavy (non-hydrogen) atoms. The molecule has 0 aliphatic rings. The first kappa shape index (κ1) is 15.4. The number of hydrogen-bond acceptors (Lipinski definition) is 4. The average molecular weight is 258 g/mol. The molecular weight excluding hydrogens is 248 g/mol. The third-order valence-corrected chi connectivity index (χ3v) is 1.56. The van der Waals surface area contributed by atoms with E-state index in [1.54, 1.807) is 0 Å². The number of halogens is 4. The molecule has 0 saturated carbocycles. The molecule has 1 atom stereocenters. The van der Waals surface area contributed by atoms with Crippen LogP contribution in [0.5, 0.6) is 0 Å². The number of carbonyl (C=O) groups is 2. The quantitative estimate of drug-likeness (QED) is 0.187. The normalized spacial score (nSPS) is 14.1. The Morgan fingerprint density at radius 1 is 1.35 bits per heavy atom. The van der Waals surface area contributed by atoms with Gasteiger partial charge in [0, 0.05) is 0 Å². The number of esters is 1. The zero-order valence-corrected chi connectivity index (χ0v) is 9.01. The third-order valence-electron chi connectivity index (χ3n) is 1.56. The third kappa shape index (κ3) is 4.41. The molecule has 0 aliphatic carbocycles. The molecule has 0 amide bonds. The monoisotopic (exact) mass is 258 g/mol. The van der Waals surface area contributed by atoms with Crippen LogP contribution in [0.25, 0.3) is 0 Å². The molecular formula is C9H10F4O4. The Labute approximate surface area is 94.2 Å². The van der Waals surface area contributed by atoms with Crippen molar-refractivity contribution in [3.63, 3.8) is 0 Å². The molecule has 0 aromatic rings. The lowest BCUT2D eigenvalue weighted by Crippen LogP contribution is -2.35. The topological polar surface area (TPSA) is 52.6 Å². The highest BCUT2D eigenvalue weighted by Gasteiger charge is 2.47. The van der Waals surface area contributed by atoms with Gasteiger partial charge in [0.1, 0.15) is 11.8 Å². The van der Waals surface area contributed by atoms with Gasteiger partial charge in [-0.05, 0) is 6.92 Å². The standard InChI is InChI=1S/C9H10F4O4/c1-3-17-4-5(8(15)16-2)6(14)7(10)9(11,12)13/h4,7H,3H2,1-2H3/b5-4+. The van der Waals surface area contributed by atoms with Crippen molar-refractivity contribution in [2.24, 2.45) is 0 Å². The van der Waals surface area contributed by atoms with E-state index >= 15 is 0 Å². The van der Waals surface area contributed by atoms with E-state index in [9.17, 15) is 27.2 Å². The molecule has 0 aromatic carbocycles. The predicted octanol–water partition coefficient (Wildman–Crippen LogP) is 1.55. The highest BCUT2D eigenvalue weighted by Crippen LogP contribution is 2.25. The summed E-state index contributed by atoms with van der Waals surface area (Å²) >= 11 is 0. The fraction of sp³-hybridized carbons (Fsp3) is 0.556. The second-order valence-electron chi connectivity index (χ2n) is 2.75. The van der Waals surface area contributed by atoms with Crippen LogP contribution in [-0.4, -0.2) is 37.8 Å². The van der Waals surface area contributed by atoms with Crippen molar-refractivity contribution in [1.29, 1.82) is 0 Å². The first-order valence-corrected chi connectivity index (χ1v) is 4.40. The Hall–Kier alpha value is -1.60. The van der Waals surface area contributed by atoms with Gasteiger partial charge in [-0.3, -0.25) is 4.79 Å². The number of ether oxygens (including phenoxy) is 2. The van der Waals surface area contributed by atoms with Gasteiger partial charge in [-0.25, -0.2) is 9.18 Å². The number of rotatable bonds is 5. The summed E-state index contributed by atoms with van der Waals surface area (Å²) in [6.07, 6.45) is -8.71. The summed E-state index contributed by atoms with van der Waals surface area (Å²) in [5, 5.41) is 0. The van der Waals surface area contributed by atoms with E-state index in [0.717, 1.165) is 7.11 Å². The van der Waals surface area contributed by atoms with Crippen molar-refractivity contribution in [2.75, 3.05) is 13.7 Å². The Bertz CT molecular complexity index is 321. The number of alkyl halides is 4. The fourth-order valence-electron chi connectivity index (χ4n) is 0.769. The molecule has 8 heteroatoms. The smallest absolute Gasteiger partial charge is 0.427 e. The zero-order valence-electron chi connectivity index (χ0n) is 9.01. The molecule has 0 heterocycles. The number of Topliss-reactive ketones (excluding diaryl/α,β-unsaturated/α-hetero) is 1. The molecule has 0 aromatic heterocycles. The minimum Gasteiger partial charge on any atom is -0.500 e. The van der Waals surface area contributed by atoms with E-state index < -0.39 is 29.7 Å². The van der Waals surface area contributed by atoms with E-state index in [0.29, 0.717) is 6.26 Å². The summed E-state index contributed by atoms with van der Waals surface area (Å²) in [5.74, 6) is -3.44. The number of carbonyl (C=O) groups excluding carboxylic acids is 2. The molecule has 0 radical (unpaired) electrons. The SMILES string of the molecule is CCO/C=C(/C(=O)OC)C(=O)C(F)C(F)(F)F. The van der Waals surface area contributed by atoms with Crippen LogP contribution in [0, 0.1) is 0 Å². The molecule has 4 nitrogen and oxygen atoms in total. The maximum absolute atomic E-state index is 12.7. The van der Waals surface area contributed by atoms with Crippen LogP contribution in [-0.2, 0) is 19.1 Å². The molecule has 0 aliphatic heterocycles. The van der Waals surface area contributed by atoms with Crippen LogP contribution >= 0.6 is 0 Å². The first-order valence-electron chi connectivity index (χ1n) is 4.40. The Morgan fingerprint density at radius 3 is 2.24 bits per heavy atom. The van der Waals surface area contributed by atoms with Gasteiger partial charge in [0.15, 0.2) is 0 Å². The Balaban J connectivity index is 5.08. The Kier molecular flexibility index (Phi) is 5.63. The van der Waals surface area contributed by atoms with Crippen LogP contribution in [0.2, 0.25) is 0 Å². The van der Waals surface area contributed by atoms with Gasteiger partial charge in [-0.2, -0.15) is 13.2 Å². The minimum absolute atomic E-state index is 0.00323. The van der Waals surface area contributed by atoms with Gasteiger partial charge in [0.2, 0.25) is 5.78 Å². The van der Waals surface area contributed by atoms with E-state index in [1.165, 1.54) is 6.92 Å². The predicted molar refractivity (Wildman–Crippen MR) is 47.7 cm³/mol. The van der Waals surface area contributed by atoms with E-state index in [2.05, 4.69) is 9.47 Å². The second-order valence-corrected chi connectivity index (χ2v) is 2.75. The Morgan fingerprint density at radius 2 is 1.88 bits per heavy atom. The molecule has 0 fully saturated rings. The summed E-state index contributed by atoms with van der Waals surface area (Å²) in [4.78, 5) is 22.0. The zero-order chi connectivity index (χ0) is 13.6. The van der Waals surface area contributed by atoms with Crippen molar-refractivity contribution in [2.45, 2.75) is 19.3 Å². The van der Waals surface area contributed by atoms with Crippen molar-refractivity contribution in [1.82, 2.24) is 0 Å². The molecule has 0 rings (SSSR count). The molecule has 98 valence electrons. The van der Waals surface area contributed by atoms with Crippen LogP contribution in [0.4, 0.5) is 17.6 Å². The fourth-order valence-corrected chi connectivity index (χ4v) is 0.769. The lowest BCUT2D eigenvalue weighted by molar-refractivity contribution is -0.183. The van der Waals surface area contributed by atoms with Gasteiger partial charge >= 0.3 is 12.1 Å². The molecule has 0 spiro atoms. The highest BCUT2D eigenvalue weighted by atomic mass is 19.4.